The summed E-state index contributed by atoms with van der Waals surface area (Å²) in [6.45, 7) is 2.96. The zero-order valence-corrected chi connectivity index (χ0v) is 8.52. The highest BCUT2D eigenvalue weighted by Crippen LogP contribution is 2.10. The summed E-state index contributed by atoms with van der Waals surface area (Å²) in [4.78, 5) is 12.7. The minimum atomic E-state index is -0.776. The second-order valence-corrected chi connectivity index (χ2v) is 3.45. The van der Waals surface area contributed by atoms with Gasteiger partial charge in [0, 0.05) is 12.7 Å². The average molecular weight is 195 g/mol. The molecule has 1 N–H and O–H groups in total. The number of carboxylic acids is 1. The van der Waals surface area contributed by atoms with Crippen LogP contribution >= 0.6 is 0 Å². The lowest BCUT2D eigenvalue weighted by Gasteiger charge is -2.27. The van der Waals surface area contributed by atoms with E-state index < -0.39 is 12.0 Å². The molecule has 0 radical (unpaired) electrons. The fourth-order valence-electron chi connectivity index (χ4n) is 1.52. The summed E-state index contributed by atoms with van der Waals surface area (Å²) in [5.74, 6) is -0.776. The number of allylic oxidation sites excluding steroid dienone is 2. The molecule has 0 saturated heterocycles. The Morgan fingerprint density at radius 3 is 2.86 bits per heavy atom. The number of hydrogen-bond donors (Lipinski definition) is 1. The molecule has 3 nitrogen and oxygen atoms in total. The predicted octanol–water partition coefficient (Wildman–Crippen LogP) is 2.02. The van der Waals surface area contributed by atoms with Crippen LogP contribution in [0.25, 0.3) is 0 Å². The first kappa shape index (κ1) is 10.8. The SMILES string of the molecule is CCCCCN1C=CC=CC1C(=O)O. The third-order valence-corrected chi connectivity index (χ3v) is 2.31. The maximum atomic E-state index is 10.9. The van der Waals surface area contributed by atoms with Crippen molar-refractivity contribution in [3.8, 4) is 0 Å². The summed E-state index contributed by atoms with van der Waals surface area (Å²) in [6.07, 6.45) is 10.6. The number of rotatable bonds is 5. The van der Waals surface area contributed by atoms with E-state index in [9.17, 15) is 4.79 Å². The lowest BCUT2D eigenvalue weighted by atomic mass is 10.1. The predicted molar refractivity (Wildman–Crippen MR) is 55.9 cm³/mol. The Bertz CT molecular complexity index is 246. The van der Waals surface area contributed by atoms with Crippen molar-refractivity contribution >= 4 is 5.97 Å². The van der Waals surface area contributed by atoms with E-state index in [1.54, 1.807) is 12.2 Å². The van der Waals surface area contributed by atoms with Gasteiger partial charge in [-0.15, -0.1) is 0 Å². The quantitative estimate of drug-likeness (QED) is 0.682. The van der Waals surface area contributed by atoms with E-state index >= 15 is 0 Å². The van der Waals surface area contributed by atoms with Gasteiger partial charge in [0.25, 0.3) is 0 Å². The summed E-state index contributed by atoms with van der Waals surface area (Å²) < 4.78 is 0. The molecule has 0 spiro atoms. The minimum absolute atomic E-state index is 0.475. The van der Waals surface area contributed by atoms with Gasteiger partial charge in [-0.05, 0) is 12.5 Å². The molecule has 1 atom stereocenters. The molecule has 1 aliphatic heterocycles. The number of carboxylic acid groups (broad SMARTS) is 1. The van der Waals surface area contributed by atoms with Gasteiger partial charge in [0.05, 0.1) is 0 Å². The smallest absolute Gasteiger partial charge is 0.330 e. The van der Waals surface area contributed by atoms with Crippen LogP contribution in [0.3, 0.4) is 0 Å². The zero-order chi connectivity index (χ0) is 10.4. The third kappa shape index (κ3) is 2.91. The summed E-state index contributed by atoms with van der Waals surface area (Å²) in [7, 11) is 0. The molecular formula is C11H17NO2. The molecule has 0 aliphatic carbocycles. The molecule has 0 amide bonds. The zero-order valence-electron chi connectivity index (χ0n) is 8.52. The van der Waals surface area contributed by atoms with Gasteiger partial charge in [0.2, 0.25) is 0 Å². The van der Waals surface area contributed by atoms with Gasteiger partial charge < -0.3 is 10.0 Å². The molecule has 3 heteroatoms. The highest BCUT2D eigenvalue weighted by molar-refractivity contribution is 5.76. The van der Waals surface area contributed by atoms with Crippen LogP contribution in [0.2, 0.25) is 0 Å². The standard InChI is InChI=1S/C11H17NO2/c1-2-3-5-8-12-9-6-4-7-10(12)11(13)14/h4,6-7,9-10H,2-3,5,8H2,1H3,(H,13,14). The van der Waals surface area contributed by atoms with Crippen molar-refractivity contribution in [2.75, 3.05) is 6.54 Å². The molecule has 0 bridgehead atoms. The monoisotopic (exact) mass is 195 g/mol. The molecule has 1 heterocycles. The Morgan fingerprint density at radius 2 is 2.21 bits per heavy atom. The third-order valence-electron chi connectivity index (χ3n) is 2.31. The van der Waals surface area contributed by atoms with Crippen molar-refractivity contribution in [3.05, 3.63) is 24.4 Å². The molecule has 78 valence electrons. The Hall–Kier alpha value is -1.25. The van der Waals surface area contributed by atoms with Crippen molar-refractivity contribution < 1.29 is 9.90 Å². The van der Waals surface area contributed by atoms with Crippen LogP contribution in [-0.4, -0.2) is 28.6 Å². The second-order valence-electron chi connectivity index (χ2n) is 3.45. The first-order valence-electron chi connectivity index (χ1n) is 5.09. The van der Waals surface area contributed by atoms with Crippen molar-refractivity contribution in [2.45, 2.75) is 32.2 Å². The average Bonchev–Trinajstić information content (AvgIpc) is 2.19. The van der Waals surface area contributed by atoms with E-state index in [0.717, 1.165) is 25.8 Å². The summed E-state index contributed by atoms with van der Waals surface area (Å²) in [6, 6.07) is -0.475. The van der Waals surface area contributed by atoms with Crippen LogP contribution in [0.5, 0.6) is 0 Å². The molecule has 0 saturated carbocycles. The number of hydrogen-bond acceptors (Lipinski definition) is 2. The normalized spacial score (nSPS) is 20.1. The number of unbranched alkanes of at least 4 members (excludes halogenated alkanes) is 2. The molecule has 1 unspecified atom stereocenters. The fourth-order valence-corrected chi connectivity index (χ4v) is 1.52. The maximum absolute atomic E-state index is 10.9. The highest BCUT2D eigenvalue weighted by atomic mass is 16.4. The topological polar surface area (TPSA) is 40.5 Å². The Labute approximate surface area is 84.7 Å². The summed E-state index contributed by atoms with van der Waals surface area (Å²) in [5, 5.41) is 8.94. The van der Waals surface area contributed by atoms with Crippen LogP contribution in [0, 0.1) is 0 Å². The van der Waals surface area contributed by atoms with E-state index in [1.165, 1.54) is 0 Å². The fraction of sp³-hybridized carbons (Fsp3) is 0.545. The van der Waals surface area contributed by atoms with E-state index in [1.807, 2.05) is 17.2 Å². The highest BCUT2D eigenvalue weighted by Gasteiger charge is 2.20. The van der Waals surface area contributed by atoms with Gasteiger partial charge in [-0.25, -0.2) is 4.79 Å². The molecule has 0 aromatic carbocycles. The number of carbonyl (C=O) groups is 1. The van der Waals surface area contributed by atoms with Crippen LogP contribution < -0.4 is 0 Å². The first-order chi connectivity index (χ1) is 6.75. The van der Waals surface area contributed by atoms with Gasteiger partial charge in [0.15, 0.2) is 0 Å². The van der Waals surface area contributed by atoms with Gasteiger partial charge in [-0.1, -0.05) is 31.9 Å². The van der Waals surface area contributed by atoms with Crippen molar-refractivity contribution in [3.63, 3.8) is 0 Å². The Balaban J connectivity index is 2.44. The molecule has 1 rings (SSSR count). The van der Waals surface area contributed by atoms with E-state index in [0.29, 0.717) is 0 Å². The van der Waals surface area contributed by atoms with E-state index in [4.69, 9.17) is 5.11 Å². The number of aliphatic carboxylic acids is 1. The number of nitrogens with zero attached hydrogens (tertiary/aromatic N) is 1. The van der Waals surface area contributed by atoms with Crippen molar-refractivity contribution in [2.24, 2.45) is 0 Å². The van der Waals surface area contributed by atoms with Gasteiger partial charge in [0.1, 0.15) is 6.04 Å². The van der Waals surface area contributed by atoms with Crippen LogP contribution in [-0.2, 0) is 4.79 Å². The van der Waals surface area contributed by atoms with Crippen LogP contribution in [0.15, 0.2) is 24.4 Å². The maximum Gasteiger partial charge on any atom is 0.330 e. The van der Waals surface area contributed by atoms with Crippen LogP contribution in [0.1, 0.15) is 26.2 Å². The molecule has 1 aliphatic rings. The van der Waals surface area contributed by atoms with Gasteiger partial charge >= 0.3 is 5.97 Å². The second kappa shape index (κ2) is 5.47. The summed E-state index contributed by atoms with van der Waals surface area (Å²) >= 11 is 0. The van der Waals surface area contributed by atoms with Gasteiger partial charge in [-0.2, -0.15) is 0 Å². The van der Waals surface area contributed by atoms with E-state index in [-0.39, 0.29) is 0 Å². The largest absolute Gasteiger partial charge is 0.479 e. The Morgan fingerprint density at radius 1 is 1.43 bits per heavy atom. The minimum Gasteiger partial charge on any atom is -0.479 e. The lowest BCUT2D eigenvalue weighted by Crippen LogP contribution is -2.37. The Kier molecular flexibility index (Phi) is 4.23. The summed E-state index contributed by atoms with van der Waals surface area (Å²) in [5.41, 5.74) is 0. The van der Waals surface area contributed by atoms with Crippen molar-refractivity contribution in [1.29, 1.82) is 0 Å². The van der Waals surface area contributed by atoms with Crippen molar-refractivity contribution in [1.82, 2.24) is 4.90 Å². The molecule has 0 fully saturated rings. The molecule has 14 heavy (non-hydrogen) atoms. The van der Waals surface area contributed by atoms with Crippen LogP contribution in [0.4, 0.5) is 0 Å². The molecule has 0 aromatic heterocycles. The van der Waals surface area contributed by atoms with Gasteiger partial charge in [-0.3, -0.25) is 0 Å². The molecule has 0 aromatic rings. The lowest BCUT2D eigenvalue weighted by molar-refractivity contribution is -0.140. The molecular weight excluding hydrogens is 178 g/mol. The van der Waals surface area contributed by atoms with E-state index in [2.05, 4.69) is 6.92 Å². The first-order valence-corrected chi connectivity index (χ1v) is 5.09.